The van der Waals surface area contributed by atoms with Crippen molar-refractivity contribution in [1.29, 1.82) is 0 Å². The van der Waals surface area contributed by atoms with Crippen molar-refractivity contribution in [1.82, 2.24) is 14.1 Å². The molecule has 3 heterocycles. The van der Waals surface area contributed by atoms with E-state index in [1.54, 1.807) is 0 Å². The van der Waals surface area contributed by atoms with E-state index in [1.807, 2.05) is 6.20 Å². The molecule has 0 aliphatic heterocycles. The van der Waals surface area contributed by atoms with Crippen LogP contribution in [0.1, 0.15) is 180 Å². The van der Waals surface area contributed by atoms with Gasteiger partial charge in [0.15, 0.2) is 0 Å². The fraction of sp³-hybridized carbons (Fsp3) is 0.324. The van der Waals surface area contributed by atoms with Crippen LogP contribution in [0.4, 0.5) is 0 Å². The first-order valence-electron chi connectivity index (χ1n) is 28.6. The van der Waals surface area contributed by atoms with Crippen molar-refractivity contribution in [3.63, 3.8) is 0 Å². The molecule has 5 nitrogen and oxygen atoms in total. The number of aromatic nitrogens is 4. The lowest BCUT2D eigenvalue weighted by atomic mass is 9.75. The van der Waals surface area contributed by atoms with Gasteiger partial charge in [-0.2, -0.15) is 0 Å². The van der Waals surface area contributed by atoms with Crippen molar-refractivity contribution in [3.8, 4) is 39.8 Å². The Balaban J connectivity index is 1.21. The summed E-state index contributed by atoms with van der Waals surface area (Å²) in [6, 6.07) is 62.2. The van der Waals surface area contributed by atoms with Crippen LogP contribution in [0.3, 0.4) is 0 Å². The smallest absolute Gasteiger partial charge is 0.269 e. The van der Waals surface area contributed by atoms with Gasteiger partial charge in [-0.3, -0.25) is 13.7 Å². The van der Waals surface area contributed by atoms with Gasteiger partial charge >= 0.3 is 0 Å². The van der Waals surface area contributed by atoms with E-state index in [0.717, 1.165) is 50.7 Å². The van der Waals surface area contributed by atoms with Gasteiger partial charge in [-0.05, 0) is 139 Å². The van der Waals surface area contributed by atoms with Gasteiger partial charge in [-0.1, -0.05) is 221 Å². The average molecular weight is 1040 g/mol. The second-order valence-corrected chi connectivity index (χ2v) is 26.8. The molecule has 10 aromatic rings. The number of para-hydroxylation sites is 1. The maximum atomic E-state index is 7.33. The summed E-state index contributed by atoms with van der Waals surface area (Å²) in [5, 5.41) is 2.31. The van der Waals surface area contributed by atoms with Crippen molar-refractivity contribution in [2.75, 3.05) is 0 Å². The van der Waals surface area contributed by atoms with Crippen LogP contribution in [0.25, 0.3) is 50.1 Å². The molecule has 0 radical (unpaired) electrons. The number of benzene rings is 7. The molecule has 79 heavy (non-hydrogen) atoms. The zero-order valence-corrected chi connectivity index (χ0v) is 50.1. The number of hydrogen-bond donors (Lipinski definition) is 0. The third kappa shape index (κ3) is 10.4. The normalized spacial score (nSPS) is 12.8. The molecular weight excluding hydrogens is 961 g/mol. The predicted molar refractivity (Wildman–Crippen MR) is 332 cm³/mol. The molecule has 3 aromatic heterocycles. The average Bonchev–Trinajstić information content (AvgIpc) is 4.22. The summed E-state index contributed by atoms with van der Waals surface area (Å²) >= 11 is 0. The fourth-order valence-electron chi connectivity index (χ4n) is 11.9. The Bertz CT molecular complexity index is 3840. The molecule has 0 aliphatic rings. The summed E-state index contributed by atoms with van der Waals surface area (Å²) in [4.78, 5) is 5.08. The minimum absolute atomic E-state index is 0.106. The molecule has 7 aromatic carbocycles. The van der Waals surface area contributed by atoms with Crippen molar-refractivity contribution in [2.45, 2.75) is 157 Å². The molecular formula is C74H82N4O. The van der Waals surface area contributed by atoms with Gasteiger partial charge in [0.05, 0.1) is 33.8 Å². The van der Waals surface area contributed by atoms with E-state index in [0.29, 0.717) is 11.8 Å². The summed E-state index contributed by atoms with van der Waals surface area (Å²) in [6.07, 6.45) is 6.05. The lowest BCUT2D eigenvalue weighted by molar-refractivity contribution is -0.611. The summed E-state index contributed by atoms with van der Waals surface area (Å²) in [6.45, 7) is 39.5. The Hall–Kier alpha value is -7.50. The molecule has 0 bridgehead atoms. The van der Waals surface area contributed by atoms with E-state index >= 15 is 0 Å². The van der Waals surface area contributed by atoms with Crippen LogP contribution in [0.2, 0.25) is 0 Å². The highest BCUT2D eigenvalue weighted by Gasteiger charge is 2.36. The van der Waals surface area contributed by atoms with Gasteiger partial charge in [0, 0.05) is 33.9 Å². The zero-order chi connectivity index (χ0) is 56.6. The summed E-state index contributed by atoms with van der Waals surface area (Å²) in [5.74, 6) is 2.94. The first-order chi connectivity index (χ1) is 37.2. The monoisotopic (exact) mass is 1040 g/mol. The molecule has 0 spiro atoms. The predicted octanol–water partition coefficient (Wildman–Crippen LogP) is 19.3. The molecule has 0 saturated carbocycles. The number of rotatable bonds is 12. The summed E-state index contributed by atoms with van der Waals surface area (Å²) < 4.78 is 14.4. The van der Waals surface area contributed by atoms with Gasteiger partial charge in [0.1, 0.15) is 17.3 Å². The Morgan fingerprint density at radius 1 is 0.468 bits per heavy atom. The zero-order valence-electron chi connectivity index (χ0n) is 50.1. The quantitative estimate of drug-likeness (QED) is 0.0903. The Kier molecular flexibility index (Phi) is 14.1. The first-order valence-corrected chi connectivity index (χ1v) is 28.6. The second kappa shape index (κ2) is 20.3. The number of ether oxygens (including phenoxy) is 1. The van der Waals surface area contributed by atoms with E-state index in [1.165, 1.54) is 61.3 Å². The summed E-state index contributed by atoms with van der Waals surface area (Å²) in [7, 11) is 0. The number of pyridine rings is 1. The molecule has 0 unspecified atom stereocenters. The maximum absolute atomic E-state index is 7.33. The lowest BCUT2D eigenvalue weighted by Gasteiger charge is -2.32. The molecule has 0 aliphatic carbocycles. The summed E-state index contributed by atoms with van der Waals surface area (Å²) in [5.41, 5.74) is 16.8. The van der Waals surface area contributed by atoms with Crippen molar-refractivity contribution in [2.24, 2.45) is 0 Å². The molecule has 0 amide bonds. The topological polar surface area (TPSA) is 35.9 Å². The second-order valence-electron chi connectivity index (χ2n) is 26.8. The highest BCUT2D eigenvalue weighted by molar-refractivity contribution is 6.09. The molecule has 5 heteroatoms. The fourth-order valence-corrected chi connectivity index (χ4v) is 11.9. The van der Waals surface area contributed by atoms with Crippen LogP contribution in [-0.4, -0.2) is 14.1 Å². The van der Waals surface area contributed by atoms with Crippen molar-refractivity contribution in [3.05, 3.63) is 233 Å². The Morgan fingerprint density at radius 3 is 1.65 bits per heavy atom. The number of nitrogens with zero attached hydrogens (tertiary/aromatic N) is 4. The van der Waals surface area contributed by atoms with Crippen molar-refractivity contribution >= 4 is 21.8 Å². The van der Waals surface area contributed by atoms with E-state index in [4.69, 9.17) is 9.72 Å². The SMILES string of the molecule is CC(C)c1cccc(C(C)C)c1-c1cc(Oc2ccc3c4ccccc4n(-c4cc(C(C)(C)c5ccccc5)ccn4)c3c2)cc(-n2[c-][n+](-c3cc(C(C)(C)C)cc(C(C)(C)c4ccccc4)c3)c(C(C)(C)C)c2C(C)(C)C)c1. The van der Waals surface area contributed by atoms with Crippen LogP contribution in [0, 0.1) is 6.33 Å². The van der Waals surface area contributed by atoms with E-state index in [-0.39, 0.29) is 27.1 Å². The third-order valence-electron chi connectivity index (χ3n) is 16.4. The number of imidazole rings is 1. The number of fused-ring (bicyclic) bond motifs is 3. The lowest BCUT2D eigenvalue weighted by Crippen LogP contribution is -2.41. The molecule has 10 rings (SSSR count). The van der Waals surface area contributed by atoms with E-state index < -0.39 is 0 Å². The van der Waals surface area contributed by atoms with Gasteiger partial charge in [-0.15, -0.1) is 0 Å². The van der Waals surface area contributed by atoms with Crippen molar-refractivity contribution < 1.29 is 9.30 Å². The largest absolute Gasteiger partial charge is 0.458 e. The third-order valence-corrected chi connectivity index (χ3v) is 16.4. The standard InChI is InChI=1S/C74H82N4O/c1-48(2)60-32-26-33-61(49(3)4)67(60)50-39-56(76-47-77(69(72(11,12)13)68(76)71(8,9)10)57-42-54(70(5,6)7)41-55(43-57)74(16,17)52-29-22-19-23-30-52)45-59(40-50)79-58-35-36-63-62-31-24-25-34-64(62)78(65(63)46-58)66-44-53(37-38-75-66)73(14,15)51-27-20-18-21-28-51/h18-46,48-49H,1-17H3. The minimum atomic E-state index is -0.297. The molecule has 0 fully saturated rings. The molecule has 0 N–H and O–H groups in total. The van der Waals surface area contributed by atoms with Crippen LogP contribution in [0.15, 0.2) is 176 Å². The molecule has 0 atom stereocenters. The molecule has 0 saturated heterocycles. The maximum Gasteiger partial charge on any atom is 0.269 e. The van der Waals surface area contributed by atoms with Gasteiger partial charge < -0.3 is 4.74 Å². The molecule has 404 valence electrons. The van der Waals surface area contributed by atoms with E-state index in [2.05, 4.69) is 308 Å². The van der Waals surface area contributed by atoms with Gasteiger partial charge in [0.25, 0.3) is 6.33 Å². The highest BCUT2D eigenvalue weighted by Crippen LogP contribution is 2.44. The first kappa shape index (κ1) is 54.8. The van der Waals surface area contributed by atoms with Crippen LogP contribution in [0.5, 0.6) is 11.5 Å². The highest BCUT2D eigenvalue weighted by atomic mass is 16.5. The van der Waals surface area contributed by atoms with Gasteiger partial charge in [-0.25, -0.2) is 4.98 Å². The van der Waals surface area contributed by atoms with Crippen LogP contribution >= 0.6 is 0 Å². The Labute approximate surface area is 472 Å². The van der Waals surface area contributed by atoms with E-state index in [9.17, 15) is 0 Å². The minimum Gasteiger partial charge on any atom is -0.458 e. The Morgan fingerprint density at radius 2 is 1.05 bits per heavy atom. The van der Waals surface area contributed by atoms with Gasteiger partial charge in [0.2, 0.25) is 0 Å². The van der Waals surface area contributed by atoms with Crippen LogP contribution in [-0.2, 0) is 27.1 Å². The van der Waals surface area contributed by atoms with Crippen LogP contribution < -0.4 is 9.30 Å². The number of hydrogen-bond acceptors (Lipinski definition) is 2.